The monoisotopic (exact) mass is 470 g/mol. The standard InChI is InChI=1S/C8H4Cl2N10O10/c9-5-3(16(21)22)7(18(25)26)11-14(5)1-13(20(29)30)2-15-6(10)4(17(23)24)8(12-15)19(27)28/h1-2H2. The van der Waals surface area contributed by atoms with Gasteiger partial charge in [-0.05, 0) is 9.85 Å². The van der Waals surface area contributed by atoms with Gasteiger partial charge in [0.2, 0.25) is 10.3 Å². The zero-order valence-electron chi connectivity index (χ0n) is 13.7. The van der Waals surface area contributed by atoms with Gasteiger partial charge in [-0.1, -0.05) is 28.2 Å². The maximum atomic E-state index is 11.3. The molecular formula is C8H4Cl2N10O10. The number of hydrazine groups is 1. The summed E-state index contributed by atoms with van der Waals surface area (Å²) in [5, 5.41) is 58.5. The van der Waals surface area contributed by atoms with Crippen molar-refractivity contribution in [3.63, 3.8) is 0 Å². The topological polar surface area (TPSA) is 255 Å². The molecule has 2 aromatic rings. The van der Waals surface area contributed by atoms with Crippen LogP contribution < -0.4 is 0 Å². The molecule has 0 aliphatic heterocycles. The van der Waals surface area contributed by atoms with E-state index in [1.165, 1.54) is 0 Å². The first kappa shape index (κ1) is 22.1. The Morgan fingerprint density at radius 1 is 0.700 bits per heavy atom. The van der Waals surface area contributed by atoms with Crippen molar-refractivity contribution in [2.45, 2.75) is 13.3 Å². The summed E-state index contributed by atoms with van der Waals surface area (Å²) >= 11 is 11.3. The average molecular weight is 471 g/mol. The van der Waals surface area contributed by atoms with Crippen molar-refractivity contribution in [3.05, 3.63) is 60.9 Å². The van der Waals surface area contributed by atoms with E-state index in [0.717, 1.165) is 0 Å². The van der Waals surface area contributed by atoms with Crippen LogP contribution in [0.15, 0.2) is 0 Å². The molecule has 2 rings (SSSR count). The largest absolute Gasteiger partial charge is 0.469 e. The van der Waals surface area contributed by atoms with E-state index in [4.69, 9.17) is 23.2 Å². The highest BCUT2D eigenvalue weighted by molar-refractivity contribution is 6.32. The van der Waals surface area contributed by atoms with E-state index >= 15 is 0 Å². The molecule has 0 aromatic carbocycles. The van der Waals surface area contributed by atoms with Crippen LogP contribution in [0.4, 0.5) is 23.0 Å². The molecule has 0 bridgehead atoms. The van der Waals surface area contributed by atoms with Gasteiger partial charge in [-0.3, -0.25) is 20.2 Å². The van der Waals surface area contributed by atoms with E-state index in [9.17, 15) is 50.6 Å². The van der Waals surface area contributed by atoms with Gasteiger partial charge >= 0.3 is 23.0 Å². The number of nitro groups is 5. The van der Waals surface area contributed by atoms with Crippen molar-refractivity contribution in [1.29, 1.82) is 0 Å². The normalized spacial score (nSPS) is 10.6. The molecule has 0 atom stereocenters. The number of hydrogen-bond donors (Lipinski definition) is 0. The molecule has 0 N–H and O–H groups in total. The minimum absolute atomic E-state index is 0.124. The van der Waals surface area contributed by atoms with Crippen LogP contribution in [0.5, 0.6) is 0 Å². The Kier molecular flexibility index (Phi) is 5.92. The SMILES string of the molecule is O=[N+]([O-])c1nn(CN(Cn2nc([N+](=O)[O-])c([N+](=O)[O-])c2Cl)[N+](=O)[O-])c(Cl)c1[N+](=O)[O-]. The van der Waals surface area contributed by atoms with Crippen molar-refractivity contribution in [3.8, 4) is 0 Å². The lowest BCUT2D eigenvalue weighted by atomic mass is 10.5. The highest BCUT2D eigenvalue weighted by atomic mass is 35.5. The Bertz CT molecular complexity index is 1010. The van der Waals surface area contributed by atoms with Gasteiger partial charge in [0.05, 0.1) is 20.0 Å². The first-order valence-corrected chi connectivity index (χ1v) is 7.61. The Labute approximate surface area is 170 Å². The maximum absolute atomic E-state index is 11.3. The minimum Gasteiger partial charge on any atom is -0.358 e. The van der Waals surface area contributed by atoms with Gasteiger partial charge in [-0.15, -0.1) is 9.36 Å². The molecule has 0 spiro atoms. The summed E-state index contributed by atoms with van der Waals surface area (Å²) in [6.45, 7) is -2.11. The third-order valence-electron chi connectivity index (χ3n) is 3.23. The minimum atomic E-state index is -1.29. The molecule has 160 valence electrons. The smallest absolute Gasteiger partial charge is 0.358 e. The van der Waals surface area contributed by atoms with E-state index in [2.05, 4.69) is 10.2 Å². The average Bonchev–Trinajstić information content (AvgIpc) is 3.12. The van der Waals surface area contributed by atoms with Gasteiger partial charge in [0.15, 0.2) is 18.4 Å². The van der Waals surface area contributed by atoms with Crippen molar-refractivity contribution in [2.75, 3.05) is 0 Å². The molecule has 2 heterocycles. The number of hydrogen-bond acceptors (Lipinski definition) is 12. The lowest BCUT2D eigenvalue weighted by molar-refractivity contribution is -0.671. The molecule has 0 saturated heterocycles. The quantitative estimate of drug-likeness (QED) is 0.367. The van der Waals surface area contributed by atoms with Crippen LogP contribution >= 0.6 is 23.2 Å². The Balaban J connectivity index is 2.46. The van der Waals surface area contributed by atoms with Crippen LogP contribution in [-0.2, 0) is 13.3 Å². The van der Waals surface area contributed by atoms with Crippen molar-refractivity contribution >= 4 is 46.2 Å². The van der Waals surface area contributed by atoms with E-state index < -0.39 is 71.4 Å². The van der Waals surface area contributed by atoms with Crippen molar-refractivity contribution in [1.82, 2.24) is 24.6 Å². The fraction of sp³-hybridized carbons (Fsp3) is 0.250. The lowest BCUT2D eigenvalue weighted by Crippen LogP contribution is -2.34. The fourth-order valence-corrected chi connectivity index (χ4v) is 2.53. The number of nitrogens with zero attached hydrogens (tertiary/aromatic N) is 10. The van der Waals surface area contributed by atoms with Crippen LogP contribution in [-0.4, -0.2) is 49.3 Å². The molecule has 22 heteroatoms. The third-order valence-corrected chi connectivity index (χ3v) is 3.98. The van der Waals surface area contributed by atoms with E-state index in [-0.39, 0.29) is 5.01 Å². The van der Waals surface area contributed by atoms with Gasteiger partial charge in [0, 0.05) is 0 Å². The second kappa shape index (κ2) is 8.04. The van der Waals surface area contributed by atoms with Gasteiger partial charge < -0.3 is 20.2 Å². The molecule has 20 nitrogen and oxygen atoms in total. The number of halogens is 2. The molecule has 0 saturated carbocycles. The number of rotatable bonds is 9. The first-order chi connectivity index (χ1) is 13.9. The predicted octanol–water partition coefficient (Wildman–Crippen LogP) is 1.13. The molecule has 2 aromatic heterocycles. The van der Waals surface area contributed by atoms with Crippen LogP contribution in [0.2, 0.25) is 10.3 Å². The Morgan fingerprint density at radius 2 is 1.03 bits per heavy atom. The highest BCUT2D eigenvalue weighted by Crippen LogP contribution is 2.35. The molecule has 30 heavy (non-hydrogen) atoms. The molecule has 0 fully saturated rings. The van der Waals surface area contributed by atoms with Gasteiger partial charge in [0.25, 0.3) is 0 Å². The summed E-state index contributed by atoms with van der Waals surface area (Å²) < 4.78 is 0.668. The maximum Gasteiger partial charge on any atom is 0.469 e. The Morgan fingerprint density at radius 3 is 1.23 bits per heavy atom. The predicted molar refractivity (Wildman–Crippen MR) is 89.9 cm³/mol. The summed E-state index contributed by atoms with van der Waals surface area (Å²) in [6, 6.07) is 0. The molecule has 0 unspecified atom stereocenters. The molecule has 0 aliphatic rings. The zero-order chi connectivity index (χ0) is 22.9. The first-order valence-electron chi connectivity index (χ1n) is 6.86. The van der Waals surface area contributed by atoms with Gasteiger partial charge in [-0.25, -0.2) is 10.1 Å². The Hall–Kier alpha value is -4.20. The zero-order valence-corrected chi connectivity index (χ0v) is 15.2. The molecule has 0 aliphatic carbocycles. The summed E-state index contributed by atoms with van der Waals surface area (Å²) in [5.74, 6) is -2.59. The van der Waals surface area contributed by atoms with Crippen LogP contribution in [0.1, 0.15) is 0 Å². The van der Waals surface area contributed by atoms with Crippen LogP contribution in [0.25, 0.3) is 0 Å². The van der Waals surface area contributed by atoms with Crippen LogP contribution in [0.3, 0.4) is 0 Å². The second-order valence-corrected chi connectivity index (χ2v) is 5.70. The summed E-state index contributed by atoms with van der Waals surface area (Å²) in [7, 11) is 0. The van der Waals surface area contributed by atoms with Gasteiger partial charge in [0.1, 0.15) is 0 Å². The number of aromatic nitrogens is 4. The second-order valence-electron chi connectivity index (χ2n) is 4.98. The van der Waals surface area contributed by atoms with Crippen molar-refractivity contribution < 1.29 is 24.7 Å². The van der Waals surface area contributed by atoms with Crippen molar-refractivity contribution in [2.24, 2.45) is 0 Å². The fourth-order valence-electron chi connectivity index (χ4n) is 2.04. The third kappa shape index (κ3) is 3.97. The highest BCUT2D eigenvalue weighted by Gasteiger charge is 2.41. The van der Waals surface area contributed by atoms with Crippen LogP contribution in [0, 0.1) is 50.6 Å². The van der Waals surface area contributed by atoms with E-state index in [0.29, 0.717) is 9.36 Å². The summed E-state index contributed by atoms with van der Waals surface area (Å²) in [6.07, 6.45) is 0. The molecule has 0 radical (unpaired) electrons. The van der Waals surface area contributed by atoms with E-state index in [1.807, 2.05) is 0 Å². The lowest BCUT2D eigenvalue weighted by Gasteiger charge is -2.11. The summed E-state index contributed by atoms with van der Waals surface area (Å²) in [4.78, 5) is 50.0. The molecular weight excluding hydrogens is 467 g/mol. The van der Waals surface area contributed by atoms with Gasteiger partial charge in [-0.2, -0.15) is 0 Å². The molecule has 0 amide bonds. The summed E-state index contributed by atoms with van der Waals surface area (Å²) in [5.41, 5.74) is -2.46. The van der Waals surface area contributed by atoms with E-state index in [1.54, 1.807) is 0 Å².